The zero-order chi connectivity index (χ0) is 13.2. The summed E-state index contributed by atoms with van der Waals surface area (Å²) < 4.78 is 14.8. The Kier molecular flexibility index (Phi) is 4.03. The lowest BCUT2D eigenvalue weighted by Gasteiger charge is -2.31. The van der Waals surface area contributed by atoms with E-state index in [9.17, 15) is 4.39 Å². The molecule has 1 atom stereocenters. The molecule has 1 N–H and O–H groups in total. The van der Waals surface area contributed by atoms with Crippen LogP contribution in [0.4, 0.5) is 10.2 Å². The molecule has 0 bridgehead atoms. The van der Waals surface area contributed by atoms with E-state index < -0.39 is 0 Å². The fourth-order valence-electron chi connectivity index (χ4n) is 2.73. The van der Waals surface area contributed by atoms with E-state index >= 15 is 0 Å². The number of rotatable bonds is 4. The van der Waals surface area contributed by atoms with Crippen LogP contribution >= 0.6 is 15.9 Å². The minimum atomic E-state index is -0.225. The molecule has 104 valence electrons. The quantitative estimate of drug-likeness (QED) is 0.921. The number of nitrogens with zero attached hydrogens (tertiary/aromatic N) is 2. The molecule has 1 unspecified atom stereocenters. The first-order valence-electron chi connectivity index (χ1n) is 7.05. The van der Waals surface area contributed by atoms with Gasteiger partial charge in [0, 0.05) is 29.3 Å². The monoisotopic (exact) mass is 327 g/mol. The maximum atomic E-state index is 14.1. The van der Waals surface area contributed by atoms with E-state index in [2.05, 4.69) is 31.1 Å². The van der Waals surface area contributed by atoms with Crippen molar-refractivity contribution >= 4 is 21.7 Å². The summed E-state index contributed by atoms with van der Waals surface area (Å²) in [7, 11) is 0. The van der Waals surface area contributed by atoms with Gasteiger partial charge < -0.3 is 10.2 Å². The Morgan fingerprint density at radius 1 is 1.37 bits per heavy atom. The molecule has 1 aliphatic carbocycles. The summed E-state index contributed by atoms with van der Waals surface area (Å²) in [5.41, 5.74) is 0. The van der Waals surface area contributed by atoms with Crippen LogP contribution in [0.5, 0.6) is 0 Å². The molecular weight excluding hydrogens is 309 g/mol. The molecule has 3 nitrogen and oxygen atoms in total. The smallest absolute Gasteiger partial charge is 0.166 e. The molecule has 5 heteroatoms. The Balaban J connectivity index is 1.76. The Morgan fingerprint density at radius 3 is 2.84 bits per heavy atom. The number of hydrogen-bond donors (Lipinski definition) is 1. The van der Waals surface area contributed by atoms with E-state index in [1.54, 1.807) is 6.20 Å². The lowest BCUT2D eigenvalue weighted by molar-refractivity contribution is 0.396. The van der Waals surface area contributed by atoms with Gasteiger partial charge in [0.05, 0.1) is 0 Å². The third-order valence-corrected chi connectivity index (χ3v) is 4.31. The van der Waals surface area contributed by atoms with Gasteiger partial charge in [0.15, 0.2) is 11.6 Å². The standard InChI is InChI=1S/C14H19BrFN3/c15-10-7-13(16)14(18-8-10)19(12-4-5-12)9-11-3-1-2-6-17-11/h7-8,11-12,17H,1-6,9H2. The van der Waals surface area contributed by atoms with Crippen molar-refractivity contribution in [2.75, 3.05) is 18.0 Å². The number of hydrogen-bond acceptors (Lipinski definition) is 3. The molecule has 0 spiro atoms. The van der Waals surface area contributed by atoms with Crippen molar-refractivity contribution in [1.29, 1.82) is 0 Å². The first kappa shape index (κ1) is 13.3. The molecule has 1 aliphatic heterocycles. The van der Waals surface area contributed by atoms with Crippen molar-refractivity contribution in [1.82, 2.24) is 10.3 Å². The highest BCUT2D eigenvalue weighted by Gasteiger charge is 2.33. The van der Waals surface area contributed by atoms with Gasteiger partial charge in [-0.3, -0.25) is 0 Å². The van der Waals surface area contributed by atoms with Crippen molar-refractivity contribution in [3.63, 3.8) is 0 Å². The third-order valence-electron chi connectivity index (χ3n) is 3.88. The molecule has 2 aliphatic rings. The van der Waals surface area contributed by atoms with Gasteiger partial charge in [-0.25, -0.2) is 9.37 Å². The van der Waals surface area contributed by atoms with Gasteiger partial charge >= 0.3 is 0 Å². The van der Waals surface area contributed by atoms with Crippen LogP contribution in [0, 0.1) is 5.82 Å². The van der Waals surface area contributed by atoms with Gasteiger partial charge in [0.25, 0.3) is 0 Å². The van der Waals surface area contributed by atoms with E-state index in [1.807, 2.05) is 0 Å². The fourth-order valence-corrected chi connectivity index (χ4v) is 3.03. The molecule has 3 rings (SSSR count). The maximum Gasteiger partial charge on any atom is 0.166 e. The highest BCUT2D eigenvalue weighted by molar-refractivity contribution is 9.10. The van der Waals surface area contributed by atoms with Crippen LogP contribution in [-0.2, 0) is 0 Å². The van der Waals surface area contributed by atoms with E-state index in [0.29, 0.717) is 22.4 Å². The van der Waals surface area contributed by atoms with Crippen LogP contribution in [0.25, 0.3) is 0 Å². The summed E-state index contributed by atoms with van der Waals surface area (Å²) in [5.74, 6) is 0.287. The zero-order valence-electron chi connectivity index (χ0n) is 10.9. The summed E-state index contributed by atoms with van der Waals surface area (Å²) >= 11 is 3.26. The first-order chi connectivity index (χ1) is 9.24. The topological polar surface area (TPSA) is 28.2 Å². The second-order valence-corrected chi connectivity index (χ2v) is 6.41. The van der Waals surface area contributed by atoms with E-state index in [4.69, 9.17) is 0 Å². The number of aromatic nitrogens is 1. The average Bonchev–Trinajstić information content (AvgIpc) is 3.22. The van der Waals surface area contributed by atoms with E-state index in [-0.39, 0.29) is 5.82 Å². The van der Waals surface area contributed by atoms with E-state index in [0.717, 1.165) is 25.9 Å². The number of pyridine rings is 1. The van der Waals surface area contributed by atoms with Crippen LogP contribution in [0.1, 0.15) is 32.1 Å². The van der Waals surface area contributed by atoms with Gasteiger partial charge in [0.2, 0.25) is 0 Å². The molecule has 1 saturated heterocycles. The highest BCUT2D eigenvalue weighted by Crippen LogP contribution is 2.33. The fraction of sp³-hybridized carbons (Fsp3) is 0.643. The summed E-state index contributed by atoms with van der Waals surface area (Å²) in [6.07, 6.45) is 7.70. The highest BCUT2D eigenvalue weighted by atomic mass is 79.9. The molecule has 0 radical (unpaired) electrons. The minimum absolute atomic E-state index is 0.225. The van der Waals surface area contributed by atoms with Crippen molar-refractivity contribution in [3.05, 3.63) is 22.6 Å². The number of nitrogens with one attached hydrogen (secondary N) is 1. The van der Waals surface area contributed by atoms with Gasteiger partial charge in [-0.1, -0.05) is 6.42 Å². The van der Waals surface area contributed by atoms with Crippen LogP contribution in [0.15, 0.2) is 16.7 Å². The normalized spacial score (nSPS) is 23.4. The zero-order valence-corrected chi connectivity index (χ0v) is 12.5. The van der Waals surface area contributed by atoms with Crippen LogP contribution < -0.4 is 10.2 Å². The van der Waals surface area contributed by atoms with Gasteiger partial charge in [-0.2, -0.15) is 0 Å². The Labute approximate surface area is 121 Å². The van der Waals surface area contributed by atoms with Gasteiger partial charge in [-0.15, -0.1) is 0 Å². The molecule has 0 amide bonds. The molecule has 1 aromatic heterocycles. The van der Waals surface area contributed by atoms with Gasteiger partial charge in [0.1, 0.15) is 0 Å². The summed E-state index contributed by atoms with van der Waals surface area (Å²) in [4.78, 5) is 6.44. The summed E-state index contributed by atoms with van der Waals surface area (Å²) in [6.45, 7) is 1.95. The van der Waals surface area contributed by atoms with Crippen molar-refractivity contribution < 1.29 is 4.39 Å². The Morgan fingerprint density at radius 2 is 2.21 bits per heavy atom. The Bertz CT molecular complexity index is 444. The largest absolute Gasteiger partial charge is 0.350 e. The van der Waals surface area contributed by atoms with Crippen molar-refractivity contribution in [2.45, 2.75) is 44.2 Å². The lowest BCUT2D eigenvalue weighted by Crippen LogP contribution is -2.45. The van der Waals surface area contributed by atoms with Crippen molar-refractivity contribution in [3.8, 4) is 0 Å². The molecule has 19 heavy (non-hydrogen) atoms. The SMILES string of the molecule is Fc1cc(Br)cnc1N(CC1CCCCN1)C1CC1. The minimum Gasteiger partial charge on any atom is -0.350 e. The number of halogens is 2. The molecular formula is C14H19BrFN3. The van der Waals surface area contributed by atoms with E-state index in [1.165, 1.54) is 25.3 Å². The second kappa shape index (κ2) is 5.75. The van der Waals surface area contributed by atoms with Gasteiger partial charge in [-0.05, 0) is 54.2 Å². The first-order valence-corrected chi connectivity index (χ1v) is 7.84. The molecule has 1 aromatic rings. The second-order valence-electron chi connectivity index (χ2n) is 5.49. The molecule has 1 saturated carbocycles. The lowest BCUT2D eigenvalue weighted by atomic mass is 10.0. The number of anilines is 1. The van der Waals surface area contributed by atoms with Crippen LogP contribution in [-0.4, -0.2) is 30.2 Å². The average molecular weight is 328 g/mol. The maximum absolute atomic E-state index is 14.1. The molecule has 2 heterocycles. The Hall–Kier alpha value is -0.680. The van der Waals surface area contributed by atoms with Crippen LogP contribution in [0.2, 0.25) is 0 Å². The molecule has 2 fully saturated rings. The summed E-state index contributed by atoms with van der Waals surface area (Å²) in [5, 5.41) is 3.53. The predicted molar refractivity (Wildman–Crippen MR) is 77.9 cm³/mol. The predicted octanol–water partition coefficient (Wildman–Crippen LogP) is 3.09. The third kappa shape index (κ3) is 3.26. The summed E-state index contributed by atoms with van der Waals surface area (Å²) in [6, 6.07) is 2.46. The molecule has 0 aromatic carbocycles. The number of piperidine rings is 1. The van der Waals surface area contributed by atoms with Crippen LogP contribution in [0.3, 0.4) is 0 Å². The van der Waals surface area contributed by atoms with Crippen molar-refractivity contribution in [2.24, 2.45) is 0 Å².